The van der Waals surface area contributed by atoms with E-state index in [0.717, 1.165) is 30.4 Å². The van der Waals surface area contributed by atoms with Crippen molar-refractivity contribution in [2.24, 2.45) is 0 Å². The van der Waals surface area contributed by atoms with Gasteiger partial charge in [-0.2, -0.15) is 4.31 Å². The second kappa shape index (κ2) is 8.05. The minimum atomic E-state index is -3.61. The van der Waals surface area contributed by atoms with Gasteiger partial charge in [0.2, 0.25) is 10.0 Å². The summed E-state index contributed by atoms with van der Waals surface area (Å²) >= 11 is 0. The first-order valence-corrected chi connectivity index (χ1v) is 11.3. The Morgan fingerprint density at radius 1 is 1.07 bits per heavy atom. The quantitative estimate of drug-likeness (QED) is 0.768. The molecule has 1 amide bonds. The molecule has 0 saturated heterocycles. The van der Waals surface area contributed by atoms with E-state index in [9.17, 15) is 13.2 Å². The lowest BCUT2D eigenvalue weighted by molar-refractivity contribution is 0.0822. The fraction of sp³-hybridized carbons (Fsp3) is 0.409. The molecular formula is C22H28N2O3S. The van der Waals surface area contributed by atoms with E-state index in [2.05, 4.69) is 5.32 Å². The number of carbonyl (C=O) groups is 1. The standard InChI is InChI=1S/C22H28N2O3S/c1-4-24(5-2)28(26,27)19-13-12-17(3)20(16-19)21(25)23-22(14-9-15-22)18-10-7-6-8-11-18/h6-8,10-13,16H,4-5,9,14-15H2,1-3H3,(H,23,25). The van der Waals surface area contributed by atoms with E-state index < -0.39 is 10.0 Å². The molecule has 0 radical (unpaired) electrons. The molecule has 5 nitrogen and oxygen atoms in total. The Hall–Kier alpha value is -2.18. The summed E-state index contributed by atoms with van der Waals surface area (Å²) in [5.74, 6) is -0.224. The van der Waals surface area contributed by atoms with Crippen LogP contribution in [0.15, 0.2) is 53.4 Å². The molecule has 2 aromatic rings. The average Bonchev–Trinajstić information content (AvgIpc) is 2.66. The number of aryl methyl sites for hydroxylation is 1. The Labute approximate surface area is 167 Å². The van der Waals surface area contributed by atoms with E-state index in [0.29, 0.717) is 18.7 Å². The molecule has 0 aliphatic heterocycles. The SMILES string of the molecule is CCN(CC)S(=O)(=O)c1ccc(C)c(C(=O)NC2(c3ccccc3)CCC2)c1. The first-order valence-electron chi connectivity index (χ1n) is 9.83. The number of sulfonamides is 1. The summed E-state index contributed by atoms with van der Waals surface area (Å²) in [6, 6.07) is 14.8. The Balaban J connectivity index is 1.92. The number of hydrogen-bond acceptors (Lipinski definition) is 3. The number of nitrogens with zero attached hydrogens (tertiary/aromatic N) is 1. The fourth-order valence-corrected chi connectivity index (χ4v) is 5.26. The van der Waals surface area contributed by atoms with Crippen molar-refractivity contribution in [3.63, 3.8) is 0 Å². The number of carbonyl (C=O) groups excluding carboxylic acids is 1. The molecule has 2 aromatic carbocycles. The minimum Gasteiger partial charge on any atom is -0.343 e. The zero-order valence-corrected chi connectivity index (χ0v) is 17.6. The van der Waals surface area contributed by atoms with Crippen LogP contribution in [0.3, 0.4) is 0 Å². The molecule has 1 aliphatic rings. The molecule has 0 spiro atoms. The second-order valence-corrected chi connectivity index (χ2v) is 9.26. The smallest absolute Gasteiger partial charge is 0.252 e. The topological polar surface area (TPSA) is 66.5 Å². The van der Waals surface area contributed by atoms with Crippen molar-refractivity contribution in [3.8, 4) is 0 Å². The third-order valence-corrected chi connectivity index (χ3v) is 7.73. The molecule has 1 saturated carbocycles. The van der Waals surface area contributed by atoms with Crippen LogP contribution in [0.5, 0.6) is 0 Å². The summed E-state index contributed by atoms with van der Waals surface area (Å²) in [4.78, 5) is 13.3. The van der Waals surface area contributed by atoms with E-state index in [1.807, 2.05) is 51.1 Å². The molecule has 0 heterocycles. The van der Waals surface area contributed by atoms with Crippen LogP contribution in [0.2, 0.25) is 0 Å². The maximum absolute atomic E-state index is 13.1. The summed E-state index contributed by atoms with van der Waals surface area (Å²) < 4.78 is 27.1. The Morgan fingerprint density at radius 3 is 2.25 bits per heavy atom. The largest absolute Gasteiger partial charge is 0.343 e. The van der Waals surface area contributed by atoms with Crippen molar-refractivity contribution < 1.29 is 13.2 Å². The summed E-state index contributed by atoms with van der Waals surface area (Å²) in [7, 11) is -3.61. The monoisotopic (exact) mass is 400 g/mol. The van der Waals surface area contributed by atoms with Gasteiger partial charge in [-0.05, 0) is 49.4 Å². The third kappa shape index (κ3) is 3.71. The highest BCUT2D eigenvalue weighted by molar-refractivity contribution is 7.89. The Bertz CT molecular complexity index is 947. The fourth-order valence-electron chi connectivity index (χ4n) is 3.78. The number of rotatable bonds is 7. The van der Waals surface area contributed by atoms with Crippen LogP contribution in [0.4, 0.5) is 0 Å². The average molecular weight is 401 g/mol. The van der Waals surface area contributed by atoms with Crippen LogP contribution in [0.1, 0.15) is 54.6 Å². The highest BCUT2D eigenvalue weighted by atomic mass is 32.2. The molecule has 28 heavy (non-hydrogen) atoms. The molecule has 1 N–H and O–H groups in total. The molecule has 1 fully saturated rings. The van der Waals surface area contributed by atoms with Gasteiger partial charge >= 0.3 is 0 Å². The first-order chi connectivity index (χ1) is 13.3. The lowest BCUT2D eigenvalue weighted by Crippen LogP contribution is -2.50. The van der Waals surface area contributed by atoms with Gasteiger partial charge in [0.05, 0.1) is 10.4 Å². The molecule has 6 heteroatoms. The third-order valence-electron chi connectivity index (χ3n) is 5.68. The highest BCUT2D eigenvalue weighted by Gasteiger charge is 2.40. The van der Waals surface area contributed by atoms with Crippen LogP contribution in [0, 0.1) is 6.92 Å². The number of benzene rings is 2. The van der Waals surface area contributed by atoms with Gasteiger partial charge < -0.3 is 5.32 Å². The summed E-state index contributed by atoms with van der Waals surface area (Å²) in [6.07, 6.45) is 2.84. The van der Waals surface area contributed by atoms with Gasteiger partial charge in [0, 0.05) is 18.7 Å². The van der Waals surface area contributed by atoms with E-state index in [1.165, 1.54) is 10.4 Å². The van der Waals surface area contributed by atoms with Gasteiger partial charge in [-0.1, -0.05) is 50.2 Å². The number of hydrogen-bond donors (Lipinski definition) is 1. The molecular weight excluding hydrogens is 372 g/mol. The van der Waals surface area contributed by atoms with Crippen LogP contribution >= 0.6 is 0 Å². The molecule has 0 bridgehead atoms. The highest BCUT2D eigenvalue weighted by Crippen LogP contribution is 2.41. The predicted octanol–water partition coefficient (Wildman–Crippen LogP) is 3.83. The zero-order valence-electron chi connectivity index (χ0n) is 16.7. The van der Waals surface area contributed by atoms with Crippen molar-refractivity contribution in [1.29, 1.82) is 0 Å². The molecule has 0 aromatic heterocycles. The first kappa shape index (κ1) is 20.6. The van der Waals surface area contributed by atoms with Crippen molar-refractivity contribution >= 4 is 15.9 Å². The van der Waals surface area contributed by atoms with E-state index in [1.54, 1.807) is 12.1 Å². The van der Waals surface area contributed by atoms with Crippen LogP contribution in [-0.4, -0.2) is 31.7 Å². The van der Waals surface area contributed by atoms with Crippen LogP contribution in [0.25, 0.3) is 0 Å². The Morgan fingerprint density at radius 2 is 1.71 bits per heavy atom. The van der Waals surface area contributed by atoms with Gasteiger partial charge in [-0.25, -0.2) is 8.42 Å². The molecule has 0 unspecified atom stereocenters. The molecule has 1 aliphatic carbocycles. The molecule has 150 valence electrons. The van der Waals surface area contributed by atoms with Crippen molar-refractivity contribution in [2.45, 2.75) is 50.5 Å². The molecule has 0 atom stereocenters. The minimum absolute atomic E-state index is 0.161. The summed E-state index contributed by atoms with van der Waals surface area (Å²) in [6.45, 7) is 6.24. The van der Waals surface area contributed by atoms with Gasteiger partial charge in [-0.3, -0.25) is 4.79 Å². The summed E-state index contributed by atoms with van der Waals surface area (Å²) in [5.41, 5.74) is 1.91. The van der Waals surface area contributed by atoms with E-state index in [-0.39, 0.29) is 16.3 Å². The van der Waals surface area contributed by atoms with Crippen molar-refractivity contribution in [3.05, 3.63) is 65.2 Å². The van der Waals surface area contributed by atoms with Crippen LogP contribution < -0.4 is 5.32 Å². The lowest BCUT2D eigenvalue weighted by Gasteiger charge is -2.43. The Kier molecular flexibility index (Phi) is 5.91. The lowest BCUT2D eigenvalue weighted by atomic mass is 9.71. The second-order valence-electron chi connectivity index (χ2n) is 7.32. The van der Waals surface area contributed by atoms with Crippen molar-refractivity contribution in [2.75, 3.05) is 13.1 Å². The maximum Gasteiger partial charge on any atom is 0.252 e. The van der Waals surface area contributed by atoms with Gasteiger partial charge in [-0.15, -0.1) is 0 Å². The number of amides is 1. The summed E-state index contributed by atoms with van der Waals surface area (Å²) in [5, 5.41) is 3.19. The predicted molar refractivity (Wildman–Crippen MR) is 111 cm³/mol. The maximum atomic E-state index is 13.1. The number of nitrogens with one attached hydrogen (secondary N) is 1. The van der Waals surface area contributed by atoms with Gasteiger partial charge in [0.1, 0.15) is 0 Å². The van der Waals surface area contributed by atoms with E-state index >= 15 is 0 Å². The van der Waals surface area contributed by atoms with Gasteiger partial charge in [0.25, 0.3) is 5.91 Å². The zero-order chi connectivity index (χ0) is 20.4. The van der Waals surface area contributed by atoms with Crippen LogP contribution in [-0.2, 0) is 15.6 Å². The van der Waals surface area contributed by atoms with Crippen molar-refractivity contribution in [1.82, 2.24) is 9.62 Å². The van der Waals surface area contributed by atoms with E-state index in [4.69, 9.17) is 0 Å². The molecule has 3 rings (SSSR count). The van der Waals surface area contributed by atoms with Gasteiger partial charge in [0.15, 0.2) is 0 Å². The normalized spacial score (nSPS) is 15.9.